The van der Waals surface area contributed by atoms with Crippen LogP contribution in [0, 0.1) is 6.92 Å². The summed E-state index contributed by atoms with van der Waals surface area (Å²) in [4.78, 5) is 17.0. The molecule has 0 unspecified atom stereocenters. The molecule has 5 heteroatoms. The number of fused-ring (bicyclic) bond motifs is 1. The normalized spacial score (nSPS) is 14.9. The van der Waals surface area contributed by atoms with Gasteiger partial charge in [-0.3, -0.25) is 4.79 Å². The Balaban J connectivity index is 1.33. The molecule has 1 N–H and O–H groups in total. The molecule has 0 atom stereocenters. The van der Waals surface area contributed by atoms with Crippen molar-refractivity contribution in [3.05, 3.63) is 95.4 Å². The van der Waals surface area contributed by atoms with Gasteiger partial charge in [0.15, 0.2) is 0 Å². The molecule has 0 aliphatic carbocycles. The number of aromatic nitrogens is 1. The van der Waals surface area contributed by atoms with Gasteiger partial charge in [-0.05, 0) is 24.6 Å². The van der Waals surface area contributed by atoms with E-state index >= 15 is 0 Å². The maximum absolute atomic E-state index is 13.5. The number of benzene rings is 2. The molecule has 1 aliphatic rings. The number of piperazine rings is 1. The Bertz CT molecular complexity index is 1180. The van der Waals surface area contributed by atoms with Crippen molar-refractivity contribution in [2.24, 2.45) is 0 Å². The largest absolute Gasteiger partial charge is 0.448 e. The van der Waals surface area contributed by atoms with Crippen LogP contribution in [0.15, 0.2) is 77.4 Å². The third-order valence-corrected chi connectivity index (χ3v) is 6.20. The number of quaternary nitrogens is 1. The summed E-state index contributed by atoms with van der Waals surface area (Å²) in [6.07, 6.45) is 1.69. The predicted octanol–water partition coefficient (Wildman–Crippen LogP) is 3.13. The standard InChI is InChI=1S/C26H27N3O2/c1-20-6-5-9-22(16-20)19-29-24(17-23-10-15-31-26(23)29)25(30)28-13-11-27(12-14-28)18-21-7-3-2-4-8-21/h2-10,15-17H,11-14,18-19H2,1H3/p+1. The van der Waals surface area contributed by atoms with E-state index in [0.717, 1.165) is 43.8 Å². The Morgan fingerprint density at radius 1 is 0.968 bits per heavy atom. The molecule has 0 bridgehead atoms. The second-order valence-corrected chi connectivity index (χ2v) is 8.49. The Morgan fingerprint density at radius 3 is 2.52 bits per heavy atom. The topological polar surface area (TPSA) is 42.8 Å². The van der Waals surface area contributed by atoms with E-state index in [2.05, 4.69) is 61.5 Å². The van der Waals surface area contributed by atoms with Gasteiger partial charge in [-0.25, -0.2) is 0 Å². The lowest BCUT2D eigenvalue weighted by Gasteiger charge is -2.32. The minimum Gasteiger partial charge on any atom is -0.448 e. The van der Waals surface area contributed by atoms with Gasteiger partial charge in [-0.15, -0.1) is 0 Å². The average Bonchev–Trinajstić information content (AvgIpc) is 3.37. The van der Waals surface area contributed by atoms with E-state index < -0.39 is 0 Å². The summed E-state index contributed by atoms with van der Waals surface area (Å²) < 4.78 is 7.76. The summed E-state index contributed by atoms with van der Waals surface area (Å²) in [6, 6.07) is 22.9. The van der Waals surface area contributed by atoms with Gasteiger partial charge < -0.3 is 18.8 Å². The SMILES string of the molecule is Cc1cccc(Cn2c(C(=O)N3CC[NH+](Cc4ccccc4)CC3)cc3ccoc32)c1. The van der Waals surface area contributed by atoms with Crippen LogP contribution in [0.1, 0.15) is 27.2 Å². The summed E-state index contributed by atoms with van der Waals surface area (Å²) >= 11 is 0. The van der Waals surface area contributed by atoms with Gasteiger partial charge in [0.2, 0.25) is 5.71 Å². The van der Waals surface area contributed by atoms with Crippen LogP contribution in [0.4, 0.5) is 0 Å². The molecule has 5 rings (SSSR count). The quantitative estimate of drug-likeness (QED) is 0.545. The molecule has 0 spiro atoms. The maximum atomic E-state index is 13.5. The molecule has 2 aromatic carbocycles. The highest BCUT2D eigenvalue weighted by atomic mass is 16.3. The van der Waals surface area contributed by atoms with Crippen LogP contribution in [0.2, 0.25) is 0 Å². The summed E-state index contributed by atoms with van der Waals surface area (Å²) in [5.41, 5.74) is 5.20. The summed E-state index contributed by atoms with van der Waals surface area (Å²) in [7, 11) is 0. The zero-order valence-corrected chi connectivity index (χ0v) is 17.9. The molecule has 158 valence electrons. The number of rotatable bonds is 5. The van der Waals surface area contributed by atoms with E-state index in [0.29, 0.717) is 12.2 Å². The number of hydrogen-bond acceptors (Lipinski definition) is 2. The molecule has 1 aliphatic heterocycles. The second-order valence-electron chi connectivity index (χ2n) is 8.49. The van der Waals surface area contributed by atoms with Crippen LogP contribution in [-0.4, -0.2) is 41.6 Å². The Morgan fingerprint density at radius 2 is 1.74 bits per heavy atom. The van der Waals surface area contributed by atoms with E-state index in [1.165, 1.54) is 21.6 Å². The fraction of sp³-hybridized carbons (Fsp3) is 0.269. The third kappa shape index (κ3) is 4.14. The van der Waals surface area contributed by atoms with E-state index in [1.807, 2.05) is 21.6 Å². The zero-order chi connectivity index (χ0) is 21.2. The van der Waals surface area contributed by atoms with Crippen molar-refractivity contribution in [3.63, 3.8) is 0 Å². The number of furan rings is 1. The van der Waals surface area contributed by atoms with Gasteiger partial charge in [0.25, 0.3) is 5.91 Å². The van der Waals surface area contributed by atoms with Crippen LogP contribution in [0.25, 0.3) is 11.1 Å². The van der Waals surface area contributed by atoms with Crippen LogP contribution in [0.3, 0.4) is 0 Å². The summed E-state index contributed by atoms with van der Waals surface area (Å²) in [6.45, 7) is 7.21. The smallest absolute Gasteiger partial charge is 0.271 e. The number of carbonyl (C=O) groups excluding carboxylic acids is 1. The van der Waals surface area contributed by atoms with Gasteiger partial charge in [0, 0.05) is 10.9 Å². The minimum atomic E-state index is 0.0952. The second kappa shape index (κ2) is 8.44. The van der Waals surface area contributed by atoms with E-state index in [1.54, 1.807) is 6.26 Å². The number of nitrogens with one attached hydrogen (secondary N) is 1. The molecule has 0 saturated carbocycles. The first-order valence-corrected chi connectivity index (χ1v) is 11.0. The molecular weight excluding hydrogens is 386 g/mol. The van der Waals surface area contributed by atoms with Crippen LogP contribution < -0.4 is 4.90 Å². The van der Waals surface area contributed by atoms with Crippen LogP contribution in [-0.2, 0) is 13.1 Å². The summed E-state index contributed by atoms with van der Waals surface area (Å²) in [5.74, 6) is 0.0952. The van der Waals surface area contributed by atoms with E-state index in [9.17, 15) is 4.79 Å². The van der Waals surface area contributed by atoms with Crippen molar-refractivity contribution in [1.82, 2.24) is 9.47 Å². The third-order valence-electron chi connectivity index (χ3n) is 6.20. The number of aryl methyl sites for hydroxylation is 1. The number of carbonyl (C=O) groups is 1. The molecule has 4 aromatic rings. The number of hydrogen-bond donors (Lipinski definition) is 1. The van der Waals surface area contributed by atoms with Gasteiger partial charge in [0.05, 0.1) is 39.0 Å². The molecule has 1 amide bonds. The highest BCUT2D eigenvalue weighted by molar-refractivity contribution is 5.97. The Hall–Kier alpha value is -3.31. The van der Waals surface area contributed by atoms with Crippen LogP contribution >= 0.6 is 0 Å². The van der Waals surface area contributed by atoms with Gasteiger partial charge >= 0.3 is 0 Å². The average molecular weight is 415 g/mol. The molecule has 2 aromatic heterocycles. The molecular formula is C26H28N3O2+. The molecule has 1 saturated heterocycles. The lowest BCUT2D eigenvalue weighted by Crippen LogP contribution is -3.13. The molecule has 5 nitrogen and oxygen atoms in total. The lowest BCUT2D eigenvalue weighted by molar-refractivity contribution is -0.917. The van der Waals surface area contributed by atoms with Crippen molar-refractivity contribution in [3.8, 4) is 0 Å². The number of amides is 1. The van der Waals surface area contributed by atoms with E-state index in [4.69, 9.17) is 4.42 Å². The Kier molecular flexibility index (Phi) is 5.35. The van der Waals surface area contributed by atoms with Crippen molar-refractivity contribution in [2.75, 3.05) is 26.2 Å². The number of nitrogens with zero attached hydrogens (tertiary/aromatic N) is 2. The van der Waals surface area contributed by atoms with Crippen molar-refractivity contribution in [2.45, 2.75) is 20.0 Å². The highest BCUT2D eigenvalue weighted by Crippen LogP contribution is 2.24. The fourth-order valence-electron chi connectivity index (χ4n) is 4.55. The molecule has 1 fully saturated rings. The first-order chi connectivity index (χ1) is 15.2. The predicted molar refractivity (Wildman–Crippen MR) is 121 cm³/mol. The molecule has 3 heterocycles. The monoisotopic (exact) mass is 414 g/mol. The van der Waals surface area contributed by atoms with Crippen molar-refractivity contribution < 1.29 is 14.1 Å². The Labute approximate surface area is 182 Å². The fourth-order valence-corrected chi connectivity index (χ4v) is 4.55. The molecule has 0 radical (unpaired) electrons. The zero-order valence-electron chi connectivity index (χ0n) is 17.9. The first-order valence-electron chi connectivity index (χ1n) is 11.0. The first kappa shape index (κ1) is 19.6. The van der Waals surface area contributed by atoms with Gasteiger partial charge in [-0.2, -0.15) is 0 Å². The summed E-state index contributed by atoms with van der Waals surface area (Å²) in [5, 5.41) is 0.976. The molecule has 31 heavy (non-hydrogen) atoms. The highest BCUT2D eigenvalue weighted by Gasteiger charge is 2.28. The van der Waals surface area contributed by atoms with Gasteiger partial charge in [-0.1, -0.05) is 60.2 Å². The van der Waals surface area contributed by atoms with Crippen molar-refractivity contribution in [1.29, 1.82) is 0 Å². The minimum absolute atomic E-state index is 0.0952. The van der Waals surface area contributed by atoms with Gasteiger partial charge in [0.1, 0.15) is 12.2 Å². The van der Waals surface area contributed by atoms with E-state index in [-0.39, 0.29) is 5.91 Å². The van der Waals surface area contributed by atoms with Crippen molar-refractivity contribution >= 4 is 17.0 Å². The van der Waals surface area contributed by atoms with Crippen LogP contribution in [0.5, 0.6) is 0 Å². The maximum Gasteiger partial charge on any atom is 0.271 e. The lowest BCUT2D eigenvalue weighted by atomic mass is 10.1.